The van der Waals surface area contributed by atoms with Crippen LogP contribution in [0.1, 0.15) is 47.2 Å². The fraction of sp³-hybridized carbons (Fsp3) is 0.448. The van der Waals surface area contributed by atoms with E-state index in [2.05, 4.69) is 15.1 Å². The summed E-state index contributed by atoms with van der Waals surface area (Å²) in [5, 5.41) is 19.8. The molecule has 1 aliphatic heterocycles. The summed E-state index contributed by atoms with van der Waals surface area (Å²) in [5.41, 5.74) is 3.42. The molecule has 5 rings (SSSR count). The zero-order chi connectivity index (χ0) is 27.5. The molecule has 0 unspecified atom stereocenters. The number of carboxylic acid groups (broad SMARTS) is 1. The number of piperidine rings is 1. The first-order chi connectivity index (χ1) is 18.8. The number of carbonyl (C=O) groups is 2. The first-order valence-corrected chi connectivity index (χ1v) is 14.6. The Hall–Kier alpha value is -2.72. The van der Waals surface area contributed by atoms with Crippen molar-refractivity contribution in [3.8, 4) is 16.3 Å². The molecule has 8 nitrogen and oxygen atoms in total. The minimum absolute atomic E-state index is 0. The lowest BCUT2D eigenvalue weighted by molar-refractivity contribution is -0.143. The van der Waals surface area contributed by atoms with Crippen molar-refractivity contribution in [3.05, 3.63) is 58.1 Å². The molecule has 0 bridgehead atoms. The van der Waals surface area contributed by atoms with Crippen LogP contribution >= 0.6 is 35.3 Å². The second-order valence-electron chi connectivity index (χ2n) is 10.5. The highest BCUT2D eigenvalue weighted by molar-refractivity contribution is 7.18. The summed E-state index contributed by atoms with van der Waals surface area (Å²) in [6.07, 6.45) is 3.60. The lowest BCUT2D eigenvalue weighted by atomic mass is 9.97. The van der Waals surface area contributed by atoms with Gasteiger partial charge in [0.05, 0.1) is 16.5 Å². The number of ether oxygens (including phenoxy) is 1. The molecule has 2 fully saturated rings. The molecule has 214 valence electrons. The lowest BCUT2D eigenvalue weighted by Crippen LogP contribution is -2.38. The summed E-state index contributed by atoms with van der Waals surface area (Å²) < 4.78 is 6.17. The number of rotatable bonds is 10. The average Bonchev–Trinajstić information content (AvgIpc) is 3.61. The minimum Gasteiger partial charge on any atom is -0.492 e. The summed E-state index contributed by atoms with van der Waals surface area (Å²) in [5.74, 6) is 0.262. The van der Waals surface area contributed by atoms with E-state index in [4.69, 9.17) is 16.3 Å². The molecule has 3 aromatic rings. The normalized spacial score (nSPS) is 15.9. The van der Waals surface area contributed by atoms with Crippen LogP contribution in [0, 0.1) is 25.7 Å². The number of aliphatic carboxylic acids is 1. The molecule has 40 heavy (non-hydrogen) atoms. The summed E-state index contributed by atoms with van der Waals surface area (Å²) in [4.78, 5) is 28.6. The van der Waals surface area contributed by atoms with Gasteiger partial charge in [-0.15, -0.1) is 22.6 Å². The van der Waals surface area contributed by atoms with Crippen LogP contribution < -0.4 is 9.64 Å². The standard InChI is InChI=1S/C29H33ClN4O4S.ClH/c1-18-15-22(16-19(2)25(18)38-14-13-33-11-9-21(10-12-33)28(36)37)26-31-32-29(39-26)34(17-20-7-8-20)27(35)23-5-3-4-6-24(23)30;/h3-6,15-16,20-21H,7-14,17H2,1-2H3,(H,36,37);1H. The van der Waals surface area contributed by atoms with Gasteiger partial charge in [0.25, 0.3) is 5.91 Å². The summed E-state index contributed by atoms with van der Waals surface area (Å²) in [7, 11) is 0. The number of carbonyl (C=O) groups excluding carboxylic acids is 1. The first-order valence-electron chi connectivity index (χ1n) is 13.4. The molecular weight excluding hydrogens is 571 g/mol. The van der Waals surface area contributed by atoms with E-state index >= 15 is 0 Å². The zero-order valence-corrected chi connectivity index (χ0v) is 25.0. The highest BCUT2D eigenvalue weighted by Crippen LogP contribution is 2.37. The number of aromatic nitrogens is 2. The second kappa shape index (κ2) is 13.3. The van der Waals surface area contributed by atoms with E-state index in [9.17, 15) is 14.7 Å². The Morgan fingerprint density at radius 3 is 2.40 bits per heavy atom. The summed E-state index contributed by atoms with van der Waals surface area (Å²) in [6, 6.07) is 11.2. The van der Waals surface area contributed by atoms with E-state index in [1.807, 2.05) is 38.1 Å². The van der Waals surface area contributed by atoms with Gasteiger partial charge in [0.2, 0.25) is 5.13 Å². The predicted octanol–water partition coefficient (Wildman–Crippen LogP) is 6.13. The molecule has 1 saturated carbocycles. The van der Waals surface area contributed by atoms with Crippen LogP contribution in [0.4, 0.5) is 5.13 Å². The van der Waals surface area contributed by atoms with E-state index < -0.39 is 5.97 Å². The SMILES string of the molecule is Cc1cc(-c2nnc(N(CC3CC3)C(=O)c3ccccc3Cl)s2)cc(C)c1OCCN1CCC(C(=O)O)CC1.Cl. The number of benzene rings is 2. The van der Waals surface area contributed by atoms with Gasteiger partial charge in [-0.25, -0.2) is 0 Å². The number of amides is 1. The van der Waals surface area contributed by atoms with Crippen LogP contribution in [-0.4, -0.2) is 64.9 Å². The van der Waals surface area contributed by atoms with Crippen LogP contribution in [0.3, 0.4) is 0 Å². The molecule has 2 aromatic carbocycles. The number of carboxylic acids is 1. The topological polar surface area (TPSA) is 95.9 Å². The van der Waals surface area contributed by atoms with Gasteiger partial charge in [0, 0.05) is 18.7 Å². The quantitative estimate of drug-likeness (QED) is 0.297. The monoisotopic (exact) mass is 604 g/mol. The second-order valence-corrected chi connectivity index (χ2v) is 11.8. The van der Waals surface area contributed by atoms with Crippen molar-refractivity contribution < 1.29 is 19.4 Å². The van der Waals surface area contributed by atoms with Crippen molar-refractivity contribution in [2.45, 2.75) is 39.5 Å². The Bertz CT molecular complexity index is 1330. The Kier molecular flexibility index (Phi) is 10.1. The van der Waals surface area contributed by atoms with Crippen molar-refractivity contribution in [2.24, 2.45) is 11.8 Å². The Balaban J connectivity index is 0.00000370. The molecule has 11 heteroatoms. The van der Waals surface area contributed by atoms with Crippen LogP contribution in [-0.2, 0) is 4.79 Å². The van der Waals surface area contributed by atoms with Gasteiger partial charge in [-0.05, 0) is 93.9 Å². The highest BCUT2D eigenvalue weighted by Gasteiger charge is 2.31. The number of halogens is 2. The van der Waals surface area contributed by atoms with Gasteiger partial charge in [-0.3, -0.25) is 19.4 Å². The fourth-order valence-corrected chi connectivity index (χ4v) is 6.07. The summed E-state index contributed by atoms with van der Waals surface area (Å²) >= 11 is 7.74. The third kappa shape index (κ3) is 7.13. The number of nitrogens with zero attached hydrogens (tertiary/aromatic N) is 4. The van der Waals surface area contributed by atoms with Crippen LogP contribution in [0.25, 0.3) is 10.6 Å². The van der Waals surface area contributed by atoms with Crippen molar-refractivity contribution in [1.29, 1.82) is 0 Å². The van der Waals surface area contributed by atoms with Gasteiger partial charge in [0.15, 0.2) is 0 Å². The van der Waals surface area contributed by atoms with Gasteiger partial charge in [-0.2, -0.15) is 0 Å². The Labute approximate surface area is 249 Å². The smallest absolute Gasteiger partial charge is 0.306 e. The molecule has 2 aliphatic rings. The zero-order valence-electron chi connectivity index (χ0n) is 22.6. The third-order valence-corrected chi connectivity index (χ3v) is 8.76. The molecule has 1 N–H and O–H groups in total. The Morgan fingerprint density at radius 2 is 1.77 bits per heavy atom. The molecule has 0 radical (unpaired) electrons. The fourth-order valence-electron chi connectivity index (χ4n) is 5.01. The van der Waals surface area contributed by atoms with Crippen LogP contribution in [0.15, 0.2) is 36.4 Å². The number of aryl methyl sites for hydroxylation is 2. The van der Waals surface area contributed by atoms with Crippen molar-refractivity contribution in [3.63, 3.8) is 0 Å². The highest BCUT2D eigenvalue weighted by atomic mass is 35.5. The van der Waals surface area contributed by atoms with Crippen LogP contribution in [0.5, 0.6) is 5.75 Å². The van der Waals surface area contributed by atoms with E-state index in [0.29, 0.717) is 47.6 Å². The molecular formula is C29H34Cl2N4O4S. The number of likely N-dealkylation sites (tertiary alicyclic amines) is 1. The maximum atomic E-state index is 13.4. The van der Waals surface area contributed by atoms with E-state index in [-0.39, 0.29) is 24.2 Å². The molecule has 1 amide bonds. The minimum atomic E-state index is -0.692. The van der Waals surface area contributed by atoms with Crippen molar-refractivity contribution >= 4 is 52.4 Å². The molecule has 1 saturated heterocycles. The van der Waals surface area contributed by atoms with E-state index in [1.165, 1.54) is 11.3 Å². The van der Waals surface area contributed by atoms with Crippen molar-refractivity contribution in [2.75, 3.05) is 37.7 Å². The molecule has 1 aromatic heterocycles. The first kappa shape index (κ1) is 30.2. The largest absolute Gasteiger partial charge is 0.492 e. The third-order valence-electron chi connectivity index (χ3n) is 7.43. The van der Waals surface area contributed by atoms with Gasteiger partial charge in [0.1, 0.15) is 17.4 Å². The van der Waals surface area contributed by atoms with Gasteiger partial charge >= 0.3 is 5.97 Å². The van der Waals surface area contributed by atoms with Crippen molar-refractivity contribution in [1.82, 2.24) is 15.1 Å². The van der Waals surface area contributed by atoms with E-state index in [0.717, 1.165) is 59.9 Å². The number of hydrogen-bond acceptors (Lipinski definition) is 7. The van der Waals surface area contributed by atoms with Crippen LogP contribution in [0.2, 0.25) is 5.02 Å². The summed E-state index contributed by atoms with van der Waals surface area (Å²) in [6.45, 7) is 7.53. The van der Waals surface area contributed by atoms with Gasteiger partial charge in [-0.1, -0.05) is 35.1 Å². The maximum Gasteiger partial charge on any atom is 0.306 e. The number of anilines is 1. The maximum absolute atomic E-state index is 13.4. The lowest BCUT2D eigenvalue weighted by Gasteiger charge is -2.30. The Morgan fingerprint density at radius 1 is 1.10 bits per heavy atom. The molecule has 0 spiro atoms. The van der Waals surface area contributed by atoms with Gasteiger partial charge < -0.3 is 9.84 Å². The molecule has 0 atom stereocenters. The average molecular weight is 606 g/mol. The molecule has 2 heterocycles. The molecule has 1 aliphatic carbocycles. The number of hydrogen-bond donors (Lipinski definition) is 1. The van der Waals surface area contributed by atoms with E-state index in [1.54, 1.807) is 17.0 Å². The predicted molar refractivity (Wildman–Crippen MR) is 160 cm³/mol.